The highest BCUT2D eigenvalue weighted by Crippen LogP contribution is 2.29. The van der Waals surface area contributed by atoms with Gasteiger partial charge in [-0.2, -0.15) is 0 Å². The number of anilines is 1. The number of nitrogens with zero attached hydrogens (tertiary/aromatic N) is 4. The van der Waals surface area contributed by atoms with Crippen LogP contribution in [0.5, 0.6) is 0 Å². The fourth-order valence-electron chi connectivity index (χ4n) is 2.94. The van der Waals surface area contributed by atoms with Gasteiger partial charge in [-0.3, -0.25) is 9.59 Å². The van der Waals surface area contributed by atoms with E-state index in [2.05, 4.69) is 29.4 Å². The Hall–Kier alpha value is -2.20. The molecule has 1 aromatic carbocycles. The largest absolute Gasteiger partial charge is 0.343 e. The molecule has 0 aliphatic heterocycles. The highest BCUT2D eigenvalue weighted by atomic mass is 32.2. The number of aromatic nitrogens is 3. The smallest absolute Gasteiger partial charge is 0.237 e. The van der Waals surface area contributed by atoms with Crippen molar-refractivity contribution >= 4 is 41.0 Å². The number of thioether (sulfide) groups is 2. The van der Waals surface area contributed by atoms with Crippen molar-refractivity contribution in [2.75, 3.05) is 30.0 Å². The van der Waals surface area contributed by atoms with E-state index in [1.165, 1.54) is 28.2 Å². The van der Waals surface area contributed by atoms with Crippen molar-refractivity contribution in [3.05, 3.63) is 29.8 Å². The van der Waals surface area contributed by atoms with Gasteiger partial charge in [0.05, 0.1) is 11.0 Å². The topological polar surface area (TPSA) is 106 Å². The van der Waals surface area contributed by atoms with Crippen LogP contribution in [0.15, 0.2) is 34.6 Å². The van der Waals surface area contributed by atoms with E-state index in [-0.39, 0.29) is 17.6 Å². The van der Waals surface area contributed by atoms with Crippen molar-refractivity contribution in [1.82, 2.24) is 19.8 Å². The van der Waals surface area contributed by atoms with E-state index in [1.807, 2.05) is 38.1 Å². The van der Waals surface area contributed by atoms with Gasteiger partial charge in [-0.1, -0.05) is 55.6 Å². The van der Waals surface area contributed by atoms with Crippen LogP contribution < -0.4 is 11.2 Å². The fourth-order valence-corrected chi connectivity index (χ4v) is 4.53. The molecule has 0 saturated heterocycles. The summed E-state index contributed by atoms with van der Waals surface area (Å²) in [5.74, 6) is 6.60. The van der Waals surface area contributed by atoms with Crippen LogP contribution in [0, 0.1) is 0 Å². The molecule has 0 fully saturated rings. The van der Waals surface area contributed by atoms with Crippen molar-refractivity contribution in [3.63, 3.8) is 0 Å². The summed E-state index contributed by atoms with van der Waals surface area (Å²) < 4.78 is 1.34. The quantitative estimate of drug-likeness (QED) is 0.387. The third-order valence-electron chi connectivity index (χ3n) is 5.09. The van der Waals surface area contributed by atoms with Gasteiger partial charge in [-0.25, -0.2) is 4.68 Å². The van der Waals surface area contributed by atoms with E-state index in [9.17, 15) is 9.59 Å². The van der Waals surface area contributed by atoms with Crippen molar-refractivity contribution < 1.29 is 9.59 Å². The summed E-state index contributed by atoms with van der Waals surface area (Å²) >= 11 is 2.47. The number of carbonyl (C=O) groups excluding carboxylic acids is 2. The molecule has 170 valence electrons. The maximum absolute atomic E-state index is 12.8. The van der Waals surface area contributed by atoms with Gasteiger partial charge in [0.1, 0.15) is 0 Å². The summed E-state index contributed by atoms with van der Waals surface area (Å²) in [5, 5.41) is 11.6. The number of hydrogen-bond donors (Lipinski definition) is 2. The summed E-state index contributed by atoms with van der Waals surface area (Å²) in [5.41, 5.74) is 1.95. The highest BCUT2D eigenvalue weighted by Gasteiger charge is 2.21. The van der Waals surface area contributed by atoms with Gasteiger partial charge in [0, 0.05) is 18.8 Å². The average molecular weight is 465 g/mol. The molecule has 10 heteroatoms. The Labute approximate surface area is 192 Å². The molecule has 0 aliphatic carbocycles. The Morgan fingerprint density at radius 1 is 1.13 bits per heavy atom. The second kappa shape index (κ2) is 12.0. The number of amides is 2. The number of nitrogen functional groups attached to an aromatic ring is 1. The maximum atomic E-state index is 12.8. The molecular formula is C21H32N6O2S2. The SMILES string of the molecule is CCC(C)c1ccccc1NC(=O)C(C)Sc1nnc(SCC(=O)N(CC)CC)n1N. The lowest BCUT2D eigenvalue weighted by molar-refractivity contribution is -0.128. The van der Waals surface area contributed by atoms with Gasteiger partial charge < -0.3 is 16.1 Å². The van der Waals surface area contributed by atoms with Gasteiger partial charge >= 0.3 is 0 Å². The van der Waals surface area contributed by atoms with E-state index in [0.717, 1.165) is 17.7 Å². The molecule has 2 unspecified atom stereocenters. The Morgan fingerprint density at radius 3 is 2.42 bits per heavy atom. The Morgan fingerprint density at radius 2 is 1.77 bits per heavy atom. The summed E-state index contributed by atoms with van der Waals surface area (Å²) in [7, 11) is 0. The van der Waals surface area contributed by atoms with Crippen LogP contribution in [0.25, 0.3) is 0 Å². The minimum absolute atomic E-state index is 0.0277. The zero-order valence-electron chi connectivity index (χ0n) is 18.8. The lowest BCUT2D eigenvalue weighted by Gasteiger charge is -2.18. The lowest BCUT2D eigenvalue weighted by Crippen LogP contribution is -2.32. The first kappa shape index (κ1) is 25.1. The Kier molecular flexibility index (Phi) is 9.70. The number of benzene rings is 1. The minimum atomic E-state index is -0.424. The molecule has 1 aromatic heterocycles. The van der Waals surface area contributed by atoms with Crippen LogP contribution in [-0.2, 0) is 9.59 Å². The normalized spacial score (nSPS) is 12.9. The first-order chi connectivity index (χ1) is 14.8. The summed E-state index contributed by atoms with van der Waals surface area (Å²) in [6.07, 6.45) is 0.991. The van der Waals surface area contributed by atoms with Gasteiger partial charge in [0.25, 0.3) is 0 Å². The zero-order chi connectivity index (χ0) is 23.0. The van der Waals surface area contributed by atoms with E-state index >= 15 is 0 Å². The second-order valence-corrected chi connectivity index (χ2v) is 9.39. The molecule has 3 N–H and O–H groups in total. The van der Waals surface area contributed by atoms with Crippen LogP contribution in [0.1, 0.15) is 52.5 Å². The van der Waals surface area contributed by atoms with Gasteiger partial charge in [-0.15, -0.1) is 10.2 Å². The predicted octanol–water partition coefficient (Wildman–Crippen LogP) is 3.59. The monoisotopic (exact) mass is 464 g/mol. The zero-order valence-corrected chi connectivity index (χ0v) is 20.4. The molecule has 0 radical (unpaired) electrons. The maximum Gasteiger partial charge on any atom is 0.237 e. The standard InChI is InChI=1S/C21H32N6O2S2/c1-6-14(4)16-11-9-10-12-17(16)23-19(29)15(5)31-21-25-24-20(27(21)22)30-13-18(28)26(7-2)8-3/h9-12,14-15H,6-8,13,22H2,1-5H3,(H,23,29). The van der Waals surface area contributed by atoms with E-state index in [0.29, 0.717) is 29.3 Å². The molecule has 0 bridgehead atoms. The molecule has 8 nitrogen and oxygen atoms in total. The molecule has 31 heavy (non-hydrogen) atoms. The second-order valence-electron chi connectivity index (χ2n) is 7.14. The van der Waals surface area contributed by atoms with Crippen LogP contribution in [0.2, 0.25) is 0 Å². The average Bonchev–Trinajstić information content (AvgIpc) is 3.12. The Balaban J connectivity index is 1.99. The first-order valence-corrected chi connectivity index (χ1v) is 12.4. The Bertz CT molecular complexity index is 885. The van der Waals surface area contributed by atoms with E-state index < -0.39 is 5.25 Å². The van der Waals surface area contributed by atoms with Gasteiger partial charge in [0.2, 0.25) is 22.1 Å². The van der Waals surface area contributed by atoms with E-state index in [1.54, 1.807) is 11.8 Å². The molecule has 1 heterocycles. The van der Waals surface area contributed by atoms with Crippen LogP contribution >= 0.6 is 23.5 Å². The highest BCUT2D eigenvalue weighted by molar-refractivity contribution is 8.00. The molecule has 2 aromatic rings. The van der Waals surface area contributed by atoms with Crippen molar-refractivity contribution in [2.45, 2.75) is 62.5 Å². The summed E-state index contributed by atoms with van der Waals surface area (Å²) in [6.45, 7) is 11.3. The predicted molar refractivity (Wildman–Crippen MR) is 128 cm³/mol. The third-order valence-corrected chi connectivity index (χ3v) is 7.07. The summed E-state index contributed by atoms with van der Waals surface area (Å²) in [6, 6.07) is 7.86. The first-order valence-electron chi connectivity index (χ1n) is 10.5. The van der Waals surface area contributed by atoms with E-state index in [4.69, 9.17) is 5.84 Å². The minimum Gasteiger partial charge on any atom is -0.343 e. The number of carbonyl (C=O) groups is 2. The number of para-hydroxylation sites is 1. The molecule has 0 spiro atoms. The fraction of sp³-hybridized carbons (Fsp3) is 0.524. The van der Waals surface area contributed by atoms with Crippen molar-refractivity contribution in [2.24, 2.45) is 0 Å². The number of nitrogens with one attached hydrogen (secondary N) is 1. The number of hydrogen-bond acceptors (Lipinski definition) is 7. The third kappa shape index (κ3) is 6.64. The molecule has 0 saturated carbocycles. The molecule has 2 amide bonds. The summed E-state index contributed by atoms with van der Waals surface area (Å²) in [4.78, 5) is 26.7. The molecule has 2 atom stereocenters. The molecular weight excluding hydrogens is 432 g/mol. The lowest BCUT2D eigenvalue weighted by atomic mass is 9.97. The number of nitrogens with two attached hydrogens (primary N) is 1. The molecule has 2 rings (SSSR count). The van der Waals surface area contributed by atoms with Crippen LogP contribution in [0.3, 0.4) is 0 Å². The molecule has 0 aliphatic rings. The van der Waals surface area contributed by atoms with Gasteiger partial charge in [0.15, 0.2) is 0 Å². The van der Waals surface area contributed by atoms with Crippen LogP contribution in [-0.4, -0.2) is 55.7 Å². The van der Waals surface area contributed by atoms with Crippen LogP contribution in [0.4, 0.5) is 5.69 Å². The van der Waals surface area contributed by atoms with Gasteiger partial charge in [-0.05, 0) is 44.7 Å². The number of rotatable bonds is 11. The van der Waals surface area contributed by atoms with Crippen molar-refractivity contribution in [3.8, 4) is 0 Å². The van der Waals surface area contributed by atoms with Crippen molar-refractivity contribution in [1.29, 1.82) is 0 Å².